The molecule has 4 rings (SSSR count). The molecule has 1 aliphatic rings. The summed E-state index contributed by atoms with van der Waals surface area (Å²) in [5.41, 5.74) is 3.44. The summed E-state index contributed by atoms with van der Waals surface area (Å²) in [6.45, 7) is 0. The third-order valence-electron chi connectivity index (χ3n) is 4.82. The van der Waals surface area contributed by atoms with Crippen LogP contribution in [0.2, 0.25) is 0 Å². The fraction of sp³-hybridized carbons (Fsp3) is 0.190. The monoisotopic (exact) mass is 358 g/mol. The second kappa shape index (κ2) is 6.61. The van der Waals surface area contributed by atoms with Gasteiger partial charge in [-0.1, -0.05) is 30.3 Å². The number of ether oxygens (including phenoxy) is 2. The molecule has 2 atom stereocenters. The highest BCUT2D eigenvalue weighted by Crippen LogP contribution is 2.46. The Hall–Kier alpha value is -3.59. The Balaban J connectivity index is 1.94. The molecule has 0 radical (unpaired) electrons. The highest BCUT2D eigenvalue weighted by molar-refractivity contribution is 5.86. The number of nitrogens with zero attached hydrogens (tertiary/aromatic N) is 3. The molecule has 27 heavy (non-hydrogen) atoms. The zero-order valence-electron chi connectivity index (χ0n) is 15.0. The number of hydrogen-bond donors (Lipinski definition) is 1. The lowest BCUT2D eigenvalue weighted by molar-refractivity contribution is 0.413. The van der Waals surface area contributed by atoms with Crippen molar-refractivity contribution in [2.24, 2.45) is 13.0 Å². The van der Waals surface area contributed by atoms with Crippen LogP contribution in [0.3, 0.4) is 0 Å². The second-order valence-corrected chi connectivity index (χ2v) is 6.38. The number of aromatic nitrogens is 2. The molecule has 0 saturated heterocycles. The second-order valence-electron chi connectivity index (χ2n) is 6.38. The fourth-order valence-corrected chi connectivity index (χ4v) is 3.53. The van der Waals surface area contributed by atoms with E-state index in [1.807, 2.05) is 54.6 Å². The highest BCUT2D eigenvalue weighted by atomic mass is 16.5. The smallest absolute Gasteiger partial charge is 0.223 e. The first-order chi connectivity index (χ1) is 13.1. The van der Waals surface area contributed by atoms with Crippen LogP contribution in [0.25, 0.3) is 11.3 Å². The molecule has 2 aromatic carbocycles. The van der Waals surface area contributed by atoms with Gasteiger partial charge in [-0.25, -0.2) is 4.68 Å². The van der Waals surface area contributed by atoms with Crippen molar-refractivity contribution in [1.82, 2.24) is 9.78 Å². The minimum Gasteiger partial charge on any atom is -0.497 e. The molecule has 1 aromatic heterocycles. The van der Waals surface area contributed by atoms with Crippen molar-refractivity contribution >= 4 is 5.90 Å². The average molecular weight is 358 g/mol. The van der Waals surface area contributed by atoms with Crippen molar-refractivity contribution in [2.75, 3.05) is 7.11 Å². The van der Waals surface area contributed by atoms with E-state index in [0.29, 0.717) is 5.88 Å². The lowest BCUT2D eigenvalue weighted by atomic mass is 9.79. The summed E-state index contributed by atoms with van der Waals surface area (Å²) in [7, 11) is 3.41. The van der Waals surface area contributed by atoms with E-state index in [9.17, 15) is 5.26 Å². The summed E-state index contributed by atoms with van der Waals surface area (Å²) in [5.74, 6) is 0.185. The molecule has 1 aliphatic heterocycles. The first-order valence-corrected chi connectivity index (χ1v) is 8.56. The largest absolute Gasteiger partial charge is 0.497 e. The summed E-state index contributed by atoms with van der Waals surface area (Å²) in [6.07, 6.45) is 0. The molecule has 6 nitrogen and oxygen atoms in total. The van der Waals surface area contributed by atoms with Crippen LogP contribution in [0.4, 0.5) is 0 Å². The number of benzene rings is 2. The first-order valence-electron chi connectivity index (χ1n) is 8.56. The van der Waals surface area contributed by atoms with Crippen LogP contribution in [0.5, 0.6) is 11.6 Å². The quantitative estimate of drug-likeness (QED) is 0.773. The van der Waals surface area contributed by atoms with Crippen LogP contribution in [0, 0.1) is 22.7 Å². The molecule has 0 saturated carbocycles. The van der Waals surface area contributed by atoms with Crippen molar-refractivity contribution in [3.05, 3.63) is 65.7 Å². The summed E-state index contributed by atoms with van der Waals surface area (Å²) in [4.78, 5) is 0. The molecule has 0 bridgehead atoms. The van der Waals surface area contributed by atoms with Gasteiger partial charge in [-0.3, -0.25) is 5.41 Å². The first kappa shape index (κ1) is 16.9. The Morgan fingerprint density at radius 2 is 1.85 bits per heavy atom. The summed E-state index contributed by atoms with van der Waals surface area (Å²) >= 11 is 0. The molecule has 2 unspecified atom stereocenters. The minimum absolute atomic E-state index is 0.0527. The van der Waals surface area contributed by atoms with Gasteiger partial charge in [0.1, 0.15) is 17.4 Å². The molecule has 0 amide bonds. The Labute approximate surface area is 157 Å². The Kier molecular flexibility index (Phi) is 4.13. The van der Waals surface area contributed by atoms with E-state index in [4.69, 9.17) is 14.9 Å². The van der Waals surface area contributed by atoms with Crippen molar-refractivity contribution in [3.8, 4) is 29.0 Å². The zero-order chi connectivity index (χ0) is 19.0. The SMILES string of the molecule is COc1ccc(-c2nn(C)c3c2C(c2ccccc2)C(C#N)C(=N)O3)cc1. The normalized spacial score (nSPS) is 18.3. The number of methoxy groups -OCH3 is 1. The van der Waals surface area contributed by atoms with Gasteiger partial charge >= 0.3 is 0 Å². The summed E-state index contributed by atoms with van der Waals surface area (Å²) in [5, 5.41) is 22.6. The number of rotatable bonds is 3. The molecule has 6 heteroatoms. The number of hydrogen-bond acceptors (Lipinski definition) is 5. The molecular formula is C21H18N4O2. The average Bonchev–Trinajstić information content (AvgIpc) is 3.03. The third-order valence-corrected chi connectivity index (χ3v) is 4.82. The van der Waals surface area contributed by atoms with Gasteiger partial charge in [0.2, 0.25) is 11.8 Å². The molecule has 134 valence electrons. The third kappa shape index (κ3) is 2.74. The van der Waals surface area contributed by atoms with E-state index in [0.717, 1.165) is 28.1 Å². The lowest BCUT2D eigenvalue weighted by Gasteiger charge is -2.28. The van der Waals surface area contributed by atoms with E-state index < -0.39 is 5.92 Å². The van der Waals surface area contributed by atoms with Crippen LogP contribution >= 0.6 is 0 Å². The molecule has 0 aliphatic carbocycles. The van der Waals surface area contributed by atoms with Gasteiger partial charge in [0.05, 0.1) is 18.7 Å². The number of nitrogens with one attached hydrogen (secondary N) is 1. The zero-order valence-corrected chi connectivity index (χ0v) is 15.0. The molecule has 0 spiro atoms. The maximum Gasteiger partial charge on any atom is 0.223 e. The molecule has 1 N–H and O–H groups in total. The maximum absolute atomic E-state index is 9.74. The number of aryl methyl sites for hydroxylation is 1. The highest BCUT2D eigenvalue weighted by Gasteiger charge is 2.41. The van der Waals surface area contributed by atoms with Gasteiger partial charge in [-0.05, 0) is 29.8 Å². The molecule has 0 fully saturated rings. The van der Waals surface area contributed by atoms with Crippen LogP contribution < -0.4 is 9.47 Å². The molecule has 2 heterocycles. The standard InChI is InChI=1S/C21H18N4O2/c1-25-21-18(19(24-25)14-8-10-15(26-2)11-9-14)17(13-6-4-3-5-7-13)16(12-22)20(23)27-21/h3-11,16-17,23H,1-2H3. The minimum atomic E-state index is -0.707. The summed E-state index contributed by atoms with van der Waals surface area (Å²) in [6, 6.07) is 19.6. The van der Waals surface area contributed by atoms with Gasteiger partial charge < -0.3 is 9.47 Å². The summed E-state index contributed by atoms with van der Waals surface area (Å²) < 4.78 is 12.6. The van der Waals surface area contributed by atoms with E-state index >= 15 is 0 Å². The lowest BCUT2D eigenvalue weighted by Crippen LogP contribution is -2.31. The van der Waals surface area contributed by atoms with Gasteiger partial charge in [0.25, 0.3) is 0 Å². The Bertz CT molecular complexity index is 1030. The van der Waals surface area contributed by atoms with Crippen LogP contribution in [0.15, 0.2) is 54.6 Å². The van der Waals surface area contributed by atoms with Crippen molar-refractivity contribution in [2.45, 2.75) is 5.92 Å². The fourth-order valence-electron chi connectivity index (χ4n) is 3.53. The van der Waals surface area contributed by atoms with Crippen molar-refractivity contribution in [1.29, 1.82) is 10.7 Å². The number of fused-ring (bicyclic) bond motifs is 1. The number of nitriles is 1. The van der Waals surface area contributed by atoms with Crippen LogP contribution in [-0.4, -0.2) is 22.8 Å². The van der Waals surface area contributed by atoms with Crippen LogP contribution in [0.1, 0.15) is 17.0 Å². The predicted octanol–water partition coefficient (Wildman–Crippen LogP) is 3.74. The van der Waals surface area contributed by atoms with E-state index in [2.05, 4.69) is 11.2 Å². The topological polar surface area (TPSA) is 83.9 Å². The van der Waals surface area contributed by atoms with Gasteiger partial charge in [0.15, 0.2) is 0 Å². The van der Waals surface area contributed by atoms with Crippen LogP contribution in [-0.2, 0) is 7.05 Å². The Morgan fingerprint density at radius 1 is 1.15 bits per heavy atom. The van der Waals surface area contributed by atoms with Crippen molar-refractivity contribution in [3.63, 3.8) is 0 Å². The van der Waals surface area contributed by atoms with Crippen molar-refractivity contribution < 1.29 is 9.47 Å². The van der Waals surface area contributed by atoms with Gasteiger partial charge in [0, 0.05) is 18.5 Å². The maximum atomic E-state index is 9.74. The molecule has 3 aromatic rings. The van der Waals surface area contributed by atoms with E-state index in [-0.39, 0.29) is 11.8 Å². The van der Waals surface area contributed by atoms with E-state index in [1.54, 1.807) is 18.8 Å². The van der Waals surface area contributed by atoms with E-state index in [1.165, 1.54) is 0 Å². The predicted molar refractivity (Wildman–Crippen MR) is 101 cm³/mol. The van der Waals surface area contributed by atoms with Gasteiger partial charge in [-0.15, -0.1) is 0 Å². The van der Waals surface area contributed by atoms with Gasteiger partial charge in [-0.2, -0.15) is 10.4 Å². The molecular weight excluding hydrogens is 340 g/mol. The Morgan fingerprint density at radius 3 is 2.48 bits per heavy atom.